The van der Waals surface area contributed by atoms with E-state index in [1.165, 1.54) is 0 Å². The standard InChI is InChI=1S/C26H20BrCl2NO3/c1-15-25-18(13-30(14-32-25)8-7-17-5-6-20(28)12-22(17)29)11-21-24(31)23(33-26(15)21)10-16-3-2-4-19(27)9-16/h2-6,9-12H,7-8,13-14H2,1H3/b23-10-. The van der Waals surface area contributed by atoms with Crippen molar-refractivity contribution in [1.29, 1.82) is 0 Å². The molecule has 5 rings (SSSR count). The molecule has 4 nitrogen and oxygen atoms in total. The molecule has 0 aliphatic carbocycles. The Balaban J connectivity index is 1.36. The van der Waals surface area contributed by atoms with E-state index >= 15 is 0 Å². The number of rotatable bonds is 4. The minimum Gasteiger partial charge on any atom is -0.477 e. The topological polar surface area (TPSA) is 38.8 Å². The average Bonchev–Trinajstić information content (AvgIpc) is 3.09. The number of halogens is 3. The zero-order chi connectivity index (χ0) is 23.1. The second kappa shape index (κ2) is 9.15. The Morgan fingerprint density at radius 1 is 1.12 bits per heavy atom. The summed E-state index contributed by atoms with van der Waals surface area (Å²) < 4.78 is 13.0. The number of carbonyl (C=O) groups is 1. The molecule has 0 N–H and O–H groups in total. The van der Waals surface area contributed by atoms with E-state index in [1.54, 1.807) is 12.1 Å². The van der Waals surface area contributed by atoms with E-state index in [-0.39, 0.29) is 5.78 Å². The van der Waals surface area contributed by atoms with Gasteiger partial charge < -0.3 is 9.47 Å². The quantitative estimate of drug-likeness (QED) is 0.329. The SMILES string of the molecule is Cc1c2c(cc3c1O/C(=C\c1cccc(Br)c1)C3=O)CN(CCc1ccc(Cl)cc1Cl)CO2. The summed E-state index contributed by atoms with van der Waals surface area (Å²) in [5, 5.41) is 1.30. The molecule has 2 aliphatic rings. The van der Waals surface area contributed by atoms with Crippen LogP contribution in [-0.2, 0) is 13.0 Å². The highest BCUT2D eigenvalue weighted by Crippen LogP contribution is 2.43. The van der Waals surface area contributed by atoms with E-state index in [0.29, 0.717) is 40.4 Å². The van der Waals surface area contributed by atoms with Crippen LogP contribution in [0.1, 0.15) is 32.6 Å². The van der Waals surface area contributed by atoms with Crippen LogP contribution in [0.15, 0.2) is 58.8 Å². The van der Waals surface area contributed by atoms with Crippen LogP contribution in [0.5, 0.6) is 11.5 Å². The number of hydrogen-bond donors (Lipinski definition) is 0. The lowest BCUT2D eigenvalue weighted by Crippen LogP contribution is -2.34. The zero-order valence-corrected chi connectivity index (χ0v) is 20.9. The van der Waals surface area contributed by atoms with Gasteiger partial charge in [-0.2, -0.15) is 0 Å². The fourth-order valence-corrected chi connectivity index (χ4v) is 5.11. The van der Waals surface area contributed by atoms with Crippen molar-refractivity contribution in [3.63, 3.8) is 0 Å². The van der Waals surface area contributed by atoms with Crippen LogP contribution >= 0.6 is 39.1 Å². The van der Waals surface area contributed by atoms with E-state index in [9.17, 15) is 4.79 Å². The van der Waals surface area contributed by atoms with Crippen molar-refractivity contribution in [1.82, 2.24) is 4.90 Å². The maximum Gasteiger partial charge on any atom is 0.231 e. The number of Topliss-reactive ketones (excluding diaryl/α,β-unsaturated/α-hetero) is 1. The first-order valence-electron chi connectivity index (χ1n) is 10.5. The zero-order valence-electron chi connectivity index (χ0n) is 17.8. The normalized spacial score (nSPS) is 16.4. The number of nitrogens with zero attached hydrogens (tertiary/aromatic N) is 1. The molecule has 0 amide bonds. The third-order valence-electron chi connectivity index (χ3n) is 5.86. The van der Waals surface area contributed by atoms with Crippen LogP contribution in [0.25, 0.3) is 6.08 Å². The highest BCUT2D eigenvalue weighted by atomic mass is 79.9. The van der Waals surface area contributed by atoms with E-state index in [1.807, 2.05) is 49.4 Å². The van der Waals surface area contributed by atoms with Gasteiger partial charge in [-0.1, -0.05) is 57.3 Å². The van der Waals surface area contributed by atoms with Gasteiger partial charge in [-0.05, 0) is 60.9 Å². The molecule has 0 spiro atoms. The highest BCUT2D eigenvalue weighted by Gasteiger charge is 2.33. The highest BCUT2D eigenvalue weighted by molar-refractivity contribution is 9.10. The van der Waals surface area contributed by atoms with Crippen molar-refractivity contribution in [2.45, 2.75) is 19.9 Å². The summed E-state index contributed by atoms with van der Waals surface area (Å²) in [7, 11) is 0. The van der Waals surface area contributed by atoms with Crippen LogP contribution in [0, 0.1) is 6.92 Å². The molecule has 0 atom stereocenters. The van der Waals surface area contributed by atoms with Gasteiger partial charge in [-0.3, -0.25) is 9.69 Å². The number of benzene rings is 3. The lowest BCUT2D eigenvalue weighted by Gasteiger charge is -2.30. The Labute approximate surface area is 210 Å². The first-order chi connectivity index (χ1) is 15.9. The van der Waals surface area contributed by atoms with Gasteiger partial charge >= 0.3 is 0 Å². The van der Waals surface area contributed by atoms with Crippen molar-refractivity contribution in [3.05, 3.63) is 96.6 Å². The van der Waals surface area contributed by atoms with Gasteiger partial charge in [0.15, 0.2) is 5.76 Å². The van der Waals surface area contributed by atoms with Gasteiger partial charge in [0.1, 0.15) is 18.2 Å². The third kappa shape index (κ3) is 4.56. The Bertz CT molecular complexity index is 1300. The lowest BCUT2D eigenvalue weighted by atomic mass is 10.00. The summed E-state index contributed by atoms with van der Waals surface area (Å²) in [4.78, 5) is 15.3. The summed E-state index contributed by atoms with van der Waals surface area (Å²) in [6.45, 7) is 3.87. The first-order valence-corrected chi connectivity index (χ1v) is 12.1. The average molecular weight is 545 g/mol. The smallest absolute Gasteiger partial charge is 0.231 e. The van der Waals surface area contributed by atoms with E-state index in [4.69, 9.17) is 32.7 Å². The van der Waals surface area contributed by atoms with E-state index in [2.05, 4.69) is 20.8 Å². The van der Waals surface area contributed by atoms with E-state index < -0.39 is 0 Å². The van der Waals surface area contributed by atoms with E-state index in [0.717, 1.165) is 45.4 Å². The molecule has 2 heterocycles. The Hall–Kier alpha value is -2.31. The van der Waals surface area contributed by atoms with Crippen LogP contribution in [0.2, 0.25) is 10.0 Å². The Morgan fingerprint density at radius 3 is 2.76 bits per heavy atom. The van der Waals surface area contributed by atoms with Crippen LogP contribution in [0.3, 0.4) is 0 Å². The van der Waals surface area contributed by atoms with Crippen molar-refractivity contribution in [2.24, 2.45) is 0 Å². The monoisotopic (exact) mass is 543 g/mol. The Kier molecular flexibility index (Phi) is 6.23. The lowest BCUT2D eigenvalue weighted by molar-refractivity contribution is 0.0954. The van der Waals surface area contributed by atoms with Gasteiger partial charge in [-0.25, -0.2) is 0 Å². The number of fused-ring (bicyclic) bond motifs is 2. The third-order valence-corrected chi connectivity index (χ3v) is 6.94. The molecule has 0 fully saturated rings. The van der Waals surface area contributed by atoms with Crippen LogP contribution in [-0.4, -0.2) is 24.0 Å². The molecule has 0 saturated carbocycles. The number of ether oxygens (including phenoxy) is 2. The van der Waals surface area contributed by atoms with Crippen molar-refractivity contribution in [2.75, 3.05) is 13.3 Å². The molecule has 0 saturated heterocycles. The maximum absolute atomic E-state index is 13.1. The minimum absolute atomic E-state index is 0.110. The molecule has 0 unspecified atom stereocenters. The first kappa shape index (κ1) is 22.5. The summed E-state index contributed by atoms with van der Waals surface area (Å²) in [5.41, 5.74) is 4.36. The molecule has 168 valence electrons. The Morgan fingerprint density at radius 2 is 1.97 bits per heavy atom. The van der Waals surface area contributed by atoms with Gasteiger partial charge in [-0.15, -0.1) is 0 Å². The molecule has 3 aromatic carbocycles. The summed E-state index contributed by atoms with van der Waals surface area (Å²) in [6, 6.07) is 15.2. The largest absolute Gasteiger partial charge is 0.477 e. The molecule has 0 radical (unpaired) electrons. The second-order valence-electron chi connectivity index (χ2n) is 8.17. The van der Waals surface area contributed by atoms with Gasteiger partial charge in [0.05, 0.1) is 5.56 Å². The van der Waals surface area contributed by atoms with Crippen molar-refractivity contribution in [3.8, 4) is 11.5 Å². The molecule has 0 bridgehead atoms. The van der Waals surface area contributed by atoms with Crippen molar-refractivity contribution >= 4 is 51.0 Å². The van der Waals surface area contributed by atoms with Crippen LogP contribution < -0.4 is 9.47 Å². The van der Waals surface area contributed by atoms with Crippen molar-refractivity contribution < 1.29 is 14.3 Å². The van der Waals surface area contributed by atoms with Gasteiger partial charge in [0, 0.05) is 38.7 Å². The predicted octanol–water partition coefficient (Wildman–Crippen LogP) is 7.08. The maximum atomic E-state index is 13.1. The second-order valence-corrected chi connectivity index (χ2v) is 9.93. The molecule has 3 aromatic rings. The molecule has 0 aromatic heterocycles. The van der Waals surface area contributed by atoms with Crippen LogP contribution in [0.4, 0.5) is 0 Å². The molecular weight excluding hydrogens is 525 g/mol. The molecule has 7 heteroatoms. The molecule has 2 aliphatic heterocycles. The van der Waals surface area contributed by atoms with Gasteiger partial charge in [0.25, 0.3) is 0 Å². The van der Waals surface area contributed by atoms with Gasteiger partial charge in [0.2, 0.25) is 5.78 Å². The predicted molar refractivity (Wildman–Crippen MR) is 134 cm³/mol. The fourth-order valence-electron chi connectivity index (χ4n) is 4.19. The fraction of sp³-hybridized carbons (Fsp3) is 0.192. The summed E-state index contributed by atoms with van der Waals surface area (Å²) >= 11 is 15.8. The number of ketones is 1. The minimum atomic E-state index is -0.110. The summed E-state index contributed by atoms with van der Waals surface area (Å²) in [6.07, 6.45) is 2.55. The summed E-state index contributed by atoms with van der Waals surface area (Å²) in [5.74, 6) is 1.59. The number of allylic oxidation sites excluding steroid dienone is 1. The number of carbonyl (C=O) groups excluding carboxylic acids is 1. The molecular formula is C26H20BrCl2NO3. The number of hydrogen-bond acceptors (Lipinski definition) is 4. The molecule has 33 heavy (non-hydrogen) atoms.